The van der Waals surface area contributed by atoms with Crippen LogP contribution in [-0.4, -0.2) is 21.8 Å². The Morgan fingerprint density at radius 3 is 3.00 bits per heavy atom. The quantitative estimate of drug-likeness (QED) is 0.895. The minimum Gasteiger partial charge on any atom is -0.481 e. The first-order valence-electron chi connectivity index (χ1n) is 6.60. The molecule has 0 amide bonds. The zero-order valence-corrected chi connectivity index (χ0v) is 11.0. The number of aliphatic hydroxyl groups is 1. The Hall–Kier alpha value is -1.81. The Morgan fingerprint density at radius 2 is 2.26 bits per heavy atom. The maximum atomic E-state index is 10.1. The number of nitrogens with zero attached hydrogens (tertiary/aromatic N) is 2. The molecule has 0 aliphatic heterocycles. The summed E-state index contributed by atoms with van der Waals surface area (Å²) < 4.78 is 7.16. The van der Waals surface area contributed by atoms with Crippen molar-refractivity contribution in [2.75, 3.05) is 7.11 Å². The van der Waals surface area contributed by atoms with Gasteiger partial charge < -0.3 is 14.4 Å². The van der Waals surface area contributed by atoms with E-state index in [9.17, 15) is 5.11 Å². The monoisotopic (exact) mass is 258 g/mol. The number of hydrogen-bond donors (Lipinski definition) is 1. The van der Waals surface area contributed by atoms with Gasteiger partial charge in [-0.05, 0) is 36.5 Å². The summed E-state index contributed by atoms with van der Waals surface area (Å²) in [6, 6.07) is 7.73. The van der Waals surface area contributed by atoms with Crippen LogP contribution in [0.1, 0.15) is 30.2 Å². The van der Waals surface area contributed by atoms with Crippen LogP contribution in [0.4, 0.5) is 0 Å². The average molecular weight is 258 g/mol. The van der Waals surface area contributed by atoms with Gasteiger partial charge in [0.25, 0.3) is 0 Å². The first-order valence-corrected chi connectivity index (χ1v) is 6.60. The van der Waals surface area contributed by atoms with Crippen molar-refractivity contribution in [3.05, 3.63) is 47.9 Å². The van der Waals surface area contributed by atoms with Crippen LogP contribution in [0.15, 0.2) is 36.7 Å². The summed E-state index contributed by atoms with van der Waals surface area (Å²) in [4.78, 5) is 4.38. The van der Waals surface area contributed by atoms with E-state index >= 15 is 0 Å². The summed E-state index contributed by atoms with van der Waals surface area (Å²) in [7, 11) is 1.62. The fourth-order valence-corrected chi connectivity index (χ4v) is 2.26. The van der Waals surface area contributed by atoms with E-state index in [1.54, 1.807) is 7.11 Å². The Labute approximate surface area is 112 Å². The molecule has 1 saturated carbocycles. The van der Waals surface area contributed by atoms with Crippen molar-refractivity contribution in [1.29, 1.82) is 0 Å². The molecule has 2 heterocycles. The van der Waals surface area contributed by atoms with Gasteiger partial charge in [0.15, 0.2) is 0 Å². The lowest BCUT2D eigenvalue weighted by molar-refractivity contribution is 0.154. The summed E-state index contributed by atoms with van der Waals surface area (Å²) in [5.41, 5.74) is 1.95. The molecule has 1 atom stereocenters. The number of aliphatic hydroxyl groups excluding tert-OH is 1. The predicted octanol–water partition coefficient (Wildman–Crippen LogP) is 2.38. The van der Waals surface area contributed by atoms with Gasteiger partial charge in [0, 0.05) is 18.5 Å². The number of aromatic nitrogens is 2. The summed E-state index contributed by atoms with van der Waals surface area (Å²) in [5, 5.41) is 10.1. The minimum absolute atomic E-state index is 0.306. The van der Waals surface area contributed by atoms with Crippen molar-refractivity contribution in [1.82, 2.24) is 9.55 Å². The largest absolute Gasteiger partial charge is 0.481 e. The molecule has 3 rings (SSSR count). The van der Waals surface area contributed by atoms with Crippen LogP contribution >= 0.6 is 0 Å². The molecule has 1 unspecified atom stereocenters. The zero-order chi connectivity index (χ0) is 13.2. The fraction of sp³-hybridized carbons (Fsp3) is 0.400. The van der Waals surface area contributed by atoms with Crippen LogP contribution < -0.4 is 4.74 Å². The fourth-order valence-electron chi connectivity index (χ4n) is 2.26. The van der Waals surface area contributed by atoms with E-state index in [-0.39, 0.29) is 6.10 Å². The molecule has 4 heteroatoms. The zero-order valence-electron chi connectivity index (χ0n) is 11.0. The third-order valence-corrected chi connectivity index (χ3v) is 3.52. The van der Waals surface area contributed by atoms with E-state index < -0.39 is 0 Å². The SMILES string of the molecule is COc1cccc(Cn2ccc(C(O)C3CC3)c2)n1. The molecule has 4 nitrogen and oxygen atoms in total. The second kappa shape index (κ2) is 5.05. The lowest BCUT2D eigenvalue weighted by Gasteiger charge is -2.07. The van der Waals surface area contributed by atoms with Crippen LogP contribution in [0.3, 0.4) is 0 Å². The first kappa shape index (κ1) is 12.2. The van der Waals surface area contributed by atoms with E-state index in [2.05, 4.69) is 4.98 Å². The molecule has 2 aromatic rings. The van der Waals surface area contributed by atoms with Gasteiger partial charge in [-0.15, -0.1) is 0 Å². The minimum atomic E-state index is -0.306. The smallest absolute Gasteiger partial charge is 0.213 e. The molecule has 100 valence electrons. The second-order valence-corrected chi connectivity index (χ2v) is 5.07. The molecule has 1 fully saturated rings. The first-order chi connectivity index (χ1) is 9.26. The number of ether oxygens (including phenoxy) is 1. The molecule has 1 N–H and O–H groups in total. The molecule has 0 aromatic carbocycles. The highest BCUT2D eigenvalue weighted by Gasteiger charge is 2.31. The lowest BCUT2D eigenvalue weighted by atomic mass is 10.1. The average Bonchev–Trinajstić information content (AvgIpc) is 3.19. The number of rotatable bonds is 5. The van der Waals surface area contributed by atoms with Gasteiger partial charge in [0.2, 0.25) is 5.88 Å². The predicted molar refractivity (Wildman–Crippen MR) is 72.0 cm³/mol. The Balaban J connectivity index is 1.72. The molecule has 0 bridgehead atoms. The molecule has 0 radical (unpaired) electrons. The highest BCUT2D eigenvalue weighted by atomic mass is 16.5. The van der Waals surface area contributed by atoms with Gasteiger partial charge in [-0.2, -0.15) is 0 Å². The van der Waals surface area contributed by atoms with E-state index in [0.717, 1.165) is 24.1 Å². The Bertz CT molecular complexity index is 561. The van der Waals surface area contributed by atoms with E-state index in [0.29, 0.717) is 18.3 Å². The maximum absolute atomic E-state index is 10.1. The topological polar surface area (TPSA) is 47.3 Å². The molecule has 2 aromatic heterocycles. The Kier molecular flexibility index (Phi) is 3.25. The third kappa shape index (κ3) is 2.79. The van der Waals surface area contributed by atoms with Crippen molar-refractivity contribution in [2.45, 2.75) is 25.5 Å². The van der Waals surface area contributed by atoms with E-state index in [1.807, 2.05) is 41.2 Å². The summed E-state index contributed by atoms with van der Waals surface area (Å²) >= 11 is 0. The van der Waals surface area contributed by atoms with Crippen LogP contribution in [0.2, 0.25) is 0 Å². The third-order valence-electron chi connectivity index (χ3n) is 3.52. The van der Waals surface area contributed by atoms with Crippen molar-refractivity contribution in [2.24, 2.45) is 5.92 Å². The number of methoxy groups -OCH3 is 1. The van der Waals surface area contributed by atoms with Crippen LogP contribution in [0.5, 0.6) is 5.88 Å². The molecule has 19 heavy (non-hydrogen) atoms. The van der Waals surface area contributed by atoms with Gasteiger partial charge in [0.1, 0.15) is 0 Å². The van der Waals surface area contributed by atoms with Gasteiger partial charge >= 0.3 is 0 Å². The standard InChI is InChI=1S/C15H18N2O2/c1-19-14-4-2-3-13(16-14)10-17-8-7-12(9-17)15(18)11-5-6-11/h2-4,7-9,11,15,18H,5-6,10H2,1H3. The molecule has 0 spiro atoms. The van der Waals surface area contributed by atoms with Crippen LogP contribution in [-0.2, 0) is 6.54 Å². The summed E-state index contributed by atoms with van der Waals surface area (Å²) in [6.45, 7) is 0.689. The van der Waals surface area contributed by atoms with Crippen molar-refractivity contribution in [3.8, 4) is 5.88 Å². The Morgan fingerprint density at radius 1 is 1.42 bits per heavy atom. The molecule has 0 saturated heterocycles. The van der Waals surface area contributed by atoms with Gasteiger partial charge in [-0.1, -0.05) is 6.07 Å². The lowest BCUT2D eigenvalue weighted by Crippen LogP contribution is -2.01. The molecular weight excluding hydrogens is 240 g/mol. The van der Waals surface area contributed by atoms with Crippen molar-refractivity contribution < 1.29 is 9.84 Å². The number of hydrogen-bond acceptors (Lipinski definition) is 3. The van der Waals surface area contributed by atoms with Gasteiger partial charge in [0.05, 0.1) is 25.5 Å². The number of pyridine rings is 1. The normalized spacial score (nSPS) is 16.3. The highest BCUT2D eigenvalue weighted by molar-refractivity contribution is 5.19. The van der Waals surface area contributed by atoms with Gasteiger partial charge in [-0.3, -0.25) is 0 Å². The van der Waals surface area contributed by atoms with Crippen molar-refractivity contribution in [3.63, 3.8) is 0 Å². The summed E-state index contributed by atoms with van der Waals surface area (Å²) in [6.07, 6.45) is 5.97. The summed E-state index contributed by atoms with van der Waals surface area (Å²) in [5.74, 6) is 1.09. The van der Waals surface area contributed by atoms with E-state index in [1.165, 1.54) is 0 Å². The second-order valence-electron chi connectivity index (χ2n) is 5.07. The van der Waals surface area contributed by atoms with E-state index in [4.69, 9.17) is 4.74 Å². The maximum Gasteiger partial charge on any atom is 0.213 e. The highest BCUT2D eigenvalue weighted by Crippen LogP contribution is 2.40. The van der Waals surface area contributed by atoms with Crippen molar-refractivity contribution >= 4 is 0 Å². The molecule has 1 aliphatic carbocycles. The molecule has 1 aliphatic rings. The van der Waals surface area contributed by atoms with Crippen LogP contribution in [0, 0.1) is 5.92 Å². The molecular formula is C15H18N2O2. The van der Waals surface area contributed by atoms with Gasteiger partial charge in [-0.25, -0.2) is 4.98 Å². The van der Waals surface area contributed by atoms with Crippen LogP contribution in [0.25, 0.3) is 0 Å².